The average molecular weight is 350 g/mol. The van der Waals surface area contributed by atoms with Crippen molar-refractivity contribution < 1.29 is 8.42 Å². The molecule has 0 amide bonds. The van der Waals surface area contributed by atoms with Crippen LogP contribution in [0.15, 0.2) is 20.9 Å². The minimum absolute atomic E-state index is 0.234. The molecule has 0 saturated carbocycles. The Kier molecular flexibility index (Phi) is 3.90. The molecule has 0 unspecified atom stereocenters. The molecule has 5 nitrogen and oxygen atoms in total. The summed E-state index contributed by atoms with van der Waals surface area (Å²) in [7, 11) is -3.47. The number of hydrogen-bond donors (Lipinski definition) is 2. The quantitative estimate of drug-likeness (QED) is 0.889. The molecule has 0 atom stereocenters. The van der Waals surface area contributed by atoms with E-state index in [1.165, 1.54) is 11.3 Å². The van der Waals surface area contributed by atoms with Crippen LogP contribution in [0.3, 0.4) is 0 Å². The molecule has 2 N–H and O–H groups in total. The van der Waals surface area contributed by atoms with Gasteiger partial charge in [0.15, 0.2) is 0 Å². The zero-order chi connectivity index (χ0) is 13.3. The second-order valence-electron chi connectivity index (χ2n) is 3.82. The first-order chi connectivity index (χ1) is 8.40. The molecule has 98 valence electrons. The minimum atomic E-state index is -3.47. The summed E-state index contributed by atoms with van der Waals surface area (Å²) in [5, 5.41) is 6.62. The summed E-state index contributed by atoms with van der Waals surface area (Å²) in [4.78, 5) is 1.08. The number of sulfonamides is 1. The van der Waals surface area contributed by atoms with Crippen LogP contribution in [0.4, 0.5) is 0 Å². The maximum atomic E-state index is 12.1. The normalized spacial score (nSPS) is 11.9. The molecule has 0 saturated heterocycles. The van der Waals surface area contributed by atoms with Gasteiger partial charge in [0.2, 0.25) is 10.0 Å². The van der Waals surface area contributed by atoms with Crippen molar-refractivity contribution in [1.29, 1.82) is 0 Å². The van der Waals surface area contributed by atoms with Crippen LogP contribution in [0.25, 0.3) is 0 Å². The summed E-state index contributed by atoms with van der Waals surface area (Å²) in [5.41, 5.74) is 1.70. The number of hydrogen-bond acceptors (Lipinski definition) is 4. The molecule has 0 aliphatic carbocycles. The zero-order valence-electron chi connectivity index (χ0n) is 9.82. The van der Waals surface area contributed by atoms with Crippen LogP contribution in [0.2, 0.25) is 0 Å². The molecule has 0 aromatic carbocycles. The van der Waals surface area contributed by atoms with E-state index in [4.69, 9.17) is 0 Å². The Bertz CT molecular complexity index is 660. The van der Waals surface area contributed by atoms with E-state index in [1.807, 2.05) is 6.92 Å². The number of rotatable bonds is 4. The molecule has 2 heterocycles. The van der Waals surface area contributed by atoms with E-state index in [1.54, 1.807) is 19.2 Å². The first-order valence-corrected chi connectivity index (χ1v) is 8.24. The third-order valence-electron chi connectivity index (χ3n) is 2.52. The van der Waals surface area contributed by atoms with Crippen LogP contribution < -0.4 is 4.72 Å². The lowest BCUT2D eigenvalue weighted by Crippen LogP contribution is -2.23. The van der Waals surface area contributed by atoms with E-state index in [0.29, 0.717) is 4.90 Å². The van der Waals surface area contributed by atoms with Crippen molar-refractivity contribution >= 4 is 37.3 Å². The number of nitrogens with zero attached hydrogens (tertiary/aromatic N) is 1. The maximum absolute atomic E-state index is 12.1. The molecular weight excluding hydrogens is 338 g/mol. The first kappa shape index (κ1) is 13.7. The summed E-state index contributed by atoms with van der Waals surface area (Å²) in [5.74, 6) is 0. The van der Waals surface area contributed by atoms with Gasteiger partial charge >= 0.3 is 0 Å². The lowest BCUT2D eigenvalue weighted by molar-refractivity contribution is 0.581. The third kappa shape index (κ3) is 2.82. The SMILES string of the molecule is Cc1[nH]ncc1CNS(=O)(=O)c1cc(Br)sc1C. The first-order valence-electron chi connectivity index (χ1n) is 5.14. The van der Waals surface area contributed by atoms with Crippen LogP contribution in [0.5, 0.6) is 0 Å². The van der Waals surface area contributed by atoms with Crippen molar-refractivity contribution in [1.82, 2.24) is 14.9 Å². The van der Waals surface area contributed by atoms with Gasteiger partial charge < -0.3 is 0 Å². The Morgan fingerprint density at radius 1 is 1.50 bits per heavy atom. The van der Waals surface area contributed by atoms with E-state index in [2.05, 4.69) is 30.8 Å². The van der Waals surface area contributed by atoms with Crippen molar-refractivity contribution in [2.75, 3.05) is 0 Å². The fraction of sp³-hybridized carbons (Fsp3) is 0.300. The number of aromatic amines is 1. The lowest BCUT2D eigenvalue weighted by atomic mass is 10.3. The molecular formula is C10H12BrN3O2S2. The van der Waals surface area contributed by atoms with Crippen LogP contribution in [0, 0.1) is 13.8 Å². The summed E-state index contributed by atoms with van der Waals surface area (Å²) in [6, 6.07) is 1.62. The Balaban J connectivity index is 2.18. The van der Waals surface area contributed by atoms with Gasteiger partial charge in [0, 0.05) is 22.7 Å². The largest absolute Gasteiger partial charge is 0.283 e. The van der Waals surface area contributed by atoms with E-state index in [-0.39, 0.29) is 6.54 Å². The van der Waals surface area contributed by atoms with Crippen LogP contribution in [0.1, 0.15) is 16.1 Å². The third-order valence-corrected chi connectivity index (χ3v) is 5.73. The van der Waals surface area contributed by atoms with Gasteiger partial charge in [-0.05, 0) is 35.8 Å². The zero-order valence-corrected chi connectivity index (χ0v) is 13.0. The smallest absolute Gasteiger partial charge is 0.242 e. The Morgan fingerprint density at radius 3 is 2.72 bits per heavy atom. The maximum Gasteiger partial charge on any atom is 0.242 e. The summed E-state index contributed by atoms with van der Waals surface area (Å²) in [6.45, 7) is 3.87. The van der Waals surface area contributed by atoms with Gasteiger partial charge in [-0.15, -0.1) is 11.3 Å². The van der Waals surface area contributed by atoms with E-state index < -0.39 is 10.0 Å². The number of aromatic nitrogens is 2. The fourth-order valence-corrected chi connectivity index (χ4v) is 4.92. The van der Waals surface area contributed by atoms with Crippen molar-refractivity contribution in [3.05, 3.63) is 32.2 Å². The highest BCUT2D eigenvalue weighted by Crippen LogP contribution is 2.29. The molecule has 0 spiro atoms. The summed E-state index contributed by atoms with van der Waals surface area (Å²) < 4.78 is 27.6. The van der Waals surface area contributed by atoms with E-state index >= 15 is 0 Å². The van der Waals surface area contributed by atoms with Crippen molar-refractivity contribution in [3.8, 4) is 0 Å². The average Bonchev–Trinajstić information content (AvgIpc) is 2.82. The molecule has 2 aromatic heterocycles. The number of halogens is 1. The Hall–Kier alpha value is -0.700. The molecule has 0 bridgehead atoms. The molecule has 0 radical (unpaired) electrons. The van der Waals surface area contributed by atoms with Gasteiger partial charge in [0.05, 0.1) is 14.9 Å². The van der Waals surface area contributed by atoms with E-state index in [0.717, 1.165) is 19.9 Å². The second-order valence-corrected chi connectivity index (χ2v) is 8.19. The molecule has 2 rings (SSSR count). The predicted octanol–water partition coefficient (Wildman–Crippen LogP) is 2.33. The minimum Gasteiger partial charge on any atom is -0.283 e. The highest BCUT2D eigenvalue weighted by Gasteiger charge is 2.19. The number of thiophene rings is 1. The van der Waals surface area contributed by atoms with Gasteiger partial charge in [-0.2, -0.15) is 5.10 Å². The molecule has 8 heteroatoms. The molecule has 0 fully saturated rings. The van der Waals surface area contributed by atoms with Crippen LogP contribution in [-0.2, 0) is 16.6 Å². The van der Waals surface area contributed by atoms with Gasteiger partial charge in [-0.25, -0.2) is 13.1 Å². The number of H-pyrrole nitrogens is 1. The standard InChI is InChI=1S/C10H12BrN3O2S2/c1-6-8(4-12-14-6)5-13-18(15,16)9-3-10(11)17-7(9)2/h3-4,13H,5H2,1-2H3,(H,12,14). The Labute approximate surface area is 118 Å². The van der Waals surface area contributed by atoms with Gasteiger partial charge in [0.1, 0.15) is 0 Å². The molecule has 18 heavy (non-hydrogen) atoms. The molecule has 0 aliphatic rings. The Morgan fingerprint density at radius 2 is 2.22 bits per heavy atom. The monoisotopic (exact) mass is 349 g/mol. The molecule has 2 aromatic rings. The summed E-state index contributed by atoms with van der Waals surface area (Å²) in [6.07, 6.45) is 1.62. The van der Waals surface area contributed by atoms with Crippen LogP contribution in [-0.4, -0.2) is 18.6 Å². The topological polar surface area (TPSA) is 74.8 Å². The second kappa shape index (κ2) is 5.12. The van der Waals surface area contributed by atoms with Crippen molar-refractivity contribution in [3.63, 3.8) is 0 Å². The highest BCUT2D eigenvalue weighted by molar-refractivity contribution is 9.11. The fourth-order valence-electron chi connectivity index (χ4n) is 1.50. The van der Waals surface area contributed by atoms with Crippen molar-refractivity contribution in [2.45, 2.75) is 25.3 Å². The molecule has 0 aliphatic heterocycles. The summed E-state index contributed by atoms with van der Waals surface area (Å²) >= 11 is 4.69. The van der Waals surface area contributed by atoms with Crippen LogP contribution >= 0.6 is 27.3 Å². The predicted molar refractivity (Wildman–Crippen MR) is 74.1 cm³/mol. The number of nitrogens with one attached hydrogen (secondary N) is 2. The van der Waals surface area contributed by atoms with Crippen molar-refractivity contribution in [2.24, 2.45) is 0 Å². The lowest BCUT2D eigenvalue weighted by Gasteiger charge is -2.05. The van der Waals surface area contributed by atoms with Gasteiger partial charge in [-0.1, -0.05) is 0 Å². The highest BCUT2D eigenvalue weighted by atomic mass is 79.9. The van der Waals surface area contributed by atoms with E-state index in [9.17, 15) is 8.42 Å². The van der Waals surface area contributed by atoms with Gasteiger partial charge in [0.25, 0.3) is 0 Å². The number of aryl methyl sites for hydroxylation is 2. The van der Waals surface area contributed by atoms with Gasteiger partial charge in [-0.3, -0.25) is 5.10 Å².